The average molecular weight is 512 g/mol. The van der Waals surface area contributed by atoms with Crippen LogP contribution < -0.4 is 14.4 Å². The Balaban J connectivity index is 1.26. The maximum Gasteiger partial charge on any atom is 0.364 e. The first-order valence-corrected chi connectivity index (χ1v) is 13.2. The van der Waals surface area contributed by atoms with E-state index in [0.717, 1.165) is 42.0 Å². The van der Waals surface area contributed by atoms with E-state index in [1.807, 2.05) is 53.4 Å². The van der Waals surface area contributed by atoms with E-state index in [-0.39, 0.29) is 11.8 Å². The average Bonchev–Trinajstić information content (AvgIpc) is 2.90. The molecule has 37 heavy (non-hydrogen) atoms. The predicted octanol–water partition coefficient (Wildman–Crippen LogP) is 4.84. The molecule has 4 rings (SSSR count). The topological polar surface area (TPSA) is 94.5 Å². The number of para-hydroxylation sites is 2. The van der Waals surface area contributed by atoms with E-state index in [1.54, 1.807) is 0 Å². The van der Waals surface area contributed by atoms with Gasteiger partial charge >= 0.3 is 5.97 Å². The van der Waals surface area contributed by atoms with Gasteiger partial charge in [0.15, 0.2) is 6.10 Å². The summed E-state index contributed by atoms with van der Waals surface area (Å²) in [5.41, 5.74) is 1.93. The van der Waals surface area contributed by atoms with Crippen LogP contribution in [0.15, 0.2) is 48.5 Å². The number of nitrogens with zero attached hydrogens (tertiary/aromatic N) is 1. The van der Waals surface area contributed by atoms with Crippen LogP contribution in [0.3, 0.4) is 0 Å². The van der Waals surface area contributed by atoms with Crippen molar-refractivity contribution >= 4 is 17.6 Å². The van der Waals surface area contributed by atoms with Gasteiger partial charge in [0, 0.05) is 25.8 Å². The number of aliphatic carboxylic acids is 1. The van der Waals surface area contributed by atoms with E-state index in [1.165, 1.54) is 13.3 Å². The summed E-state index contributed by atoms with van der Waals surface area (Å²) in [7, 11) is 0. The lowest BCUT2D eigenvalue weighted by Gasteiger charge is -2.34. The quantitative estimate of drug-likeness (QED) is 0.408. The number of rotatable bonds is 12. The fourth-order valence-corrected chi connectivity index (χ4v) is 4.61. The van der Waals surface area contributed by atoms with Gasteiger partial charge in [-0.1, -0.05) is 50.5 Å². The minimum absolute atomic E-state index is 0.00920. The summed E-state index contributed by atoms with van der Waals surface area (Å²) in [6.07, 6.45) is 5.01. The number of amides is 1. The zero-order valence-corrected chi connectivity index (χ0v) is 21.7. The molecule has 8 nitrogen and oxygen atoms in total. The number of carboxylic acids is 1. The number of carbonyl (C=O) groups is 2. The van der Waals surface area contributed by atoms with Gasteiger partial charge in [-0.05, 0) is 42.7 Å². The van der Waals surface area contributed by atoms with Crippen LogP contribution in [0.1, 0.15) is 51.5 Å². The smallest absolute Gasteiger partial charge is 0.364 e. The number of hydrogen-bond donors (Lipinski definition) is 1. The lowest BCUT2D eigenvalue weighted by atomic mass is 9.99. The molecule has 200 valence electrons. The molecule has 0 saturated carbocycles. The molecule has 0 aromatic heterocycles. The van der Waals surface area contributed by atoms with Gasteiger partial charge in [0.1, 0.15) is 11.5 Å². The standard InChI is InChI=1S/C29H37NO7/c1-3-4-5-8-16-30-24-9-6-7-10-25(24)37-26(27(30)31)15-17-34-23-13-11-21(12-14-23)18-22-19-35-29(2,28(32)33)36-20-22/h6-7,9-14,22,26H,3-5,8,15-20H2,1-2H3,(H,32,33)/t22-,26?,29-. The third-order valence-corrected chi connectivity index (χ3v) is 6.88. The van der Waals surface area contributed by atoms with Crippen molar-refractivity contribution in [1.29, 1.82) is 0 Å². The summed E-state index contributed by atoms with van der Waals surface area (Å²) in [5, 5.41) is 9.19. The maximum atomic E-state index is 13.2. The van der Waals surface area contributed by atoms with Gasteiger partial charge in [-0.15, -0.1) is 0 Å². The highest BCUT2D eigenvalue weighted by Gasteiger charge is 2.40. The zero-order chi connectivity index (χ0) is 26.3. The number of carboxylic acid groups (broad SMARTS) is 1. The van der Waals surface area contributed by atoms with Gasteiger partial charge in [-0.25, -0.2) is 4.79 Å². The van der Waals surface area contributed by atoms with Crippen LogP contribution in [-0.2, 0) is 25.5 Å². The Kier molecular flexibility index (Phi) is 9.05. The van der Waals surface area contributed by atoms with Crippen LogP contribution in [0.2, 0.25) is 0 Å². The second kappa shape index (κ2) is 12.4. The SMILES string of the molecule is CCCCCCN1C(=O)C(CCOc2ccc(C[C@H]3CO[C@](C)(C(=O)O)OC3)cc2)Oc2ccccc21. The second-order valence-electron chi connectivity index (χ2n) is 9.85. The molecule has 1 atom stereocenters. The van der Waals surface area contributed by atoms with Crippen molar-refractivity contribution in [3.05, 3.63) is 54.1 Å². The van der Waals surface area contributed by atoms with Crippen LogP contribution >= 0.6 is 0 Å². The molecule has 1 N–H and O–H groups in total. The first-order valence-electron chi connectivity index (χ1n) is 13.2. The van der Waals surface area contributed by atoms with Gasteiger partial charge in [-0.2, -0.15) is 0 Å². The van der Waals surface area contributed by atoms with Crippen molar-refractivity contribution in [3.8, 4) is 11.5 Å². The highest BCUT2D eigenvalue weighted by molar-refractivity contribution is 6.00. The van der Waals surface area contributed by atoms with Crippen LogP contribution in [0, 0.1) is 5.92 Å². The fourth-order valence-electron chi connectivity index (χ4n) is 4.61. The normalized spacial score (nSPS) is 23.3. The number of anilines is 1. The maximum absolute atomic E-state index is 13.2. The third-order valence-electron chi connectivity index (χ3n) is 6.88. The number of unbranched alkanes of at least 4 members (excludes halogenated alkanes) is 3. The number of fused-ring (bicyclic) bond motifs is 1. The van der Waals surface area contributed by atoms with Crippen LogP contribution in [0.5, 0.6) is 11.5 Å². The first-order chi connectivity index (χ1) is 17.9. The molecular weight excluding hydrogens is 474 g/mol. The molecule has 1 amide bonds. The molecular formula is C29H37NO7. The lowest BCUT2D eigenvalue weighted by molar-refractivity contribution is -0.270. The molecule has 1 fully saturated rings. The van der Waals surface area contributed by atoms with Crippen LogP contribution in [-0.4, -0.2) is 55.2 Å². The molecule has 2 aliphatic rings. The molecule has 0 spiro atoms. The molecule has 0 aliphatic carbocycles. The molecule has 1 unspecified atom stereocenters. The van der Waals surface area contributed by atoms with E-state index in [9.17, 15) is 14.7 Å². The Morgan fingerprint density at radius 1 is 1.08 bits per heavy atom. The number of hydrogen-bond acceptors (Lipinski definition) is 6. The molecule has 8 heteroatoms. The summed E-state index contributed by atoms with van der Waals surface area (Å²) in [6, 6.07) is 15.5. The Morgan fingerprint density at radius 2 is 1.81 bits per heavy atom. The summed E-state index contributed by atoms with van der Waals surface area (Å²) in [5.74, 6) is -1.14. The van der Waals surface area contributed by atoms with E-state index in [0.29, 0.717) is 39.2 Å². The van der Waals surface area contributed by atoms with Crippen molar-refractivity contribution in [2.45, 2.75) is 64.3 Å². The van der Waals surface area contributed by atoms with E-state index < -0.39 is 17.9 Å². The van der Waals surface area contributed by atoms with Gasteiger partial charge in [0.05, 0.1) is 25.5 Å². The highest BCUT2D eigenvalue weighted by atomic mass is 16.7. The monoisotopic (exact) mass is 511 g/mol. The summed E-state index contributed by atoms with van der Waals surface area (Å²) in [4.78, 5) is 26.3. The van der Waals surface area contributed by atoms with Gasteiger partial charge < -0.3 is 29.0 Å². The Bertz CT molecular complexity index is 1050. The van der Waals surface area contributed by atoms with Crippen molar-refractivity contribution in [3.63, 3.8) is 0 Å². The largest absolute Gasteiger partial charge is 0.493 e. The number of ether oxygens (including phenoxy) is 4. The molecule has 2 aromatic carbocycles. The Hall–Kier alpha value is -3.10. The minimum atomic E-state index is -1.56. The molecule has 2 aromatic rings. The van der Waals surface area contributed by atoms with Crippen LogP contribution in [0.4, 0.5) is 5.69 Å². The Morgan fingerprint density at radius 3 is 2.51 bits per heavy atom. The van der Waals surface area contributed by atoms with Gasteiger partial charge in [0.2, 0.25) is 0 Å². The second-order valence-corrected chi connectivity index (χ2v) is 9.85. The van der Waals surface area contributed by atoms with E-state index >= 15 is 0 Å². The van der Waals surface area contributed by atoms with Crippen molar-refractivity contribution in [2.75, 3.05) is 31.3 Å². The molecule has 1 saturated heterocycles. The summed E-state index contributed by atoms with van der Waals surface area (Å²) < 4.78 is 22.8. The van der Waals surface area contributed by atoms with Crippen molar-refractivity contribution < 1.29 is 33.6 Å². The molecule has 0 radical (unpaired) electrons. The van der Waals surface area contributed by atoms with Gasteiger partial charge in [0.25, 0.3) is 11.7 Å². The minimum Gasteiger partial charge on any atom is -0.493 e. The third kappa shape index (κ3) is 6.81. The lowest BCUT2D eigenvalue weighted by Crippen LogP contribution is -2.48. The predicted molar refractivity (Wildman–Crippen MR) is 139 cm³/mol. The first kappa shape index (κ1) is 26.9. The van der Waals surface area contributed by atoms with Crippen molar-refractivity contribution in [2.24, 2.45) is 5.92 Å². The fraction of sp³-hybridized carbons (Fsp3) is 0.517. The summed E-state index contributed by atoms with van der Waals surface area (Å²) in [6.45, 7) is 5.32. The Labute approximate surface area is 218 Å². The summed E-state index contributed by atoms with van der Waals surface area (Å²) >= 11 is 0. The van der Waals surface area contributed by atoms with E-state index in [2.05, 4.69) is 6.92 Å². The van der Waals surface area contributed by atoms with Crippen molar-refractivity contribution in [1.82, 2.24) is 0 Å². The number of benzene rings is 2. The molecule has 2 heterocycles. The highest BCUT2D eigenvalue weighted by Crippen LogP contribution is 2.35. The molecule has 0 bridgehead atoms. The zero-order valence-electron chi connectivity index (χ0n) is 21.7. The number of carbonyl (C=O) groups excluding carboxylic acids is 1. The van der Waals surface area contributed by atoms with E-state index in [4.69, 9.17) is 18.9 Å². The van der Waals surface area contributed by atoms with Gasteiger partial charge in [-0.3, -0.25) is 4.79 Å². The van der Waals surface area contributed by atoms with Crippen LogP contribution in [0.25, 0.3) is 0 Å². The molecule has 2 aliphatic heterocycles.